The van der Waals surface area contributed by atoms with E-state index in [2.05, 4.69) is 5.32 Å². The Hall–Kier alpha value is -3.81. The van der Waals surface area contributed by atoms with E-state index in [9.17, 15) is 14.4 Å². The molecule has 4 rings (SSSR count). The minimum atomic E-state index is -0.850. The summed E-state index contributed by atoms with van der Waals surface area (Å²) in [7, 11) is 0. The maximum absolute atomic E-state index is 13.1. The molecule has 1 saturated heterocycles. The third kappa shape index (κ3) is 5.53. The van der Waals surface area contributed by atoms with Crippen LogP contribution in [0.3, 0.4) is 0 Å². The van der Waals surface area contributed by atoms with Gasteiger partial charge in [-0.1, -0.05) is 53.0 Å². The van der Waals surface area contributed by atoms with Crippen molar-refractivity contribution in [1.82, 2.24) is 5.32 Å². The second-order valence-corrected chi connectivity index (χ2v) is 8.82. The van der Waals surface area contributed by atoms with Crippen molar-refractivity contribution < 1.29 is 23.9 Å². The summed E-state index contributed by atoms with van der Waals surface area (Å²) in [5.41, 5.74) is 2.56. The van der Waals surface area contributed by atoms with Crippen LogP contribution in [0.5, 0.6) is 11.5 Å². The molecule has 1 fully saturated rings. The van der Waals surface area contributed by atoms with Gasteiger partial charge in [0.15, 0.2) is 11.5 Å². The van der Waals surface area contributed by atoms with Gasteiger partial charge in [0.05, 0.1) is 17.3 Å². The highest BCUT2D eigenvalue weighted by atomic mass is 35.5. The van der Waals surface area contributed by atoms with E-state index in [1.807, 2.05) is 38.1 Å². The summed E-state index contributed by atoms with van der Waals surface area (Å²) in [6.45, 7) is 4.44. The average Bonchev–Trinajstić information content (AvgIpc) is 2.83. The second kappa shape index (κ2) is 10.8. The van der Waals surface area contributed by atoms with Gasteiger partial charge in [0.25, 0.3) is 11.8 Å². The lowest BCUT2D eigenvalue weighted by molar-refractivity contribution is -0.122. The van der Waals surface area contributed by atoms with Gasteiger partial charge >= 0.3 is 6.03 Å². The molecule has 0 radical (unpaired) electrons. The Morgan fingerprint density at radius 3 is 2.31 bits per heavy atom. The second-order valence-electron chi connectivity index (χ2n) is 7.97. The fourth-order valence-corrected chi connectivity index (χ4v) is 3.96. The number of nitrogens with zero attached hydrogens (tertiary/aromatic N) is 1. The van der Waals surface area contributed by atoms with Crippen molar-refractivity contribution in [2.24, 2.45) is 0 Å². The molecule has 1 N–H and O–H groups in total. The molecule has 36 heavy (non-hydrogen) atoms. The Bertz CT molecular complexity index is 1350. The van der Waals surface area contributed by atoms with Gasteiger partial charge in [-0.15, -0.1) is 0 Å². The van der Waals surface area contributed by atoms with Gasteiger partial charge in [0, 0.05) is 5.02 Å². The third-order valence-corrected chi connectivity index (χ3v) is 5.87. The average molecular weight is 525 g/mol. The first-order valence-corrected chi connectivity index (χ1v) is 11.8. The van der Waals surface area contributed by atoms with Crippen LogP contribution in [0.15, 0.2) is 66.2 Å². The minimum Gasteiger partial charge on any atom is -0.490 e. The molecule has 0 aliphatic carbocycles. The summed E-state index contributed by atoms with van der Waals surface area (Å²) >= 11 is 12.4. The Balaban J connectivity index is 1.65. The topological polar surface area (TPSA) is 84.9 Å². The minimum absolute atomic E-state index is 0.239. The first-order valence-electron chi connectivity index (χ1n) is 11.1. The zero-order valence-electron chi connectivity index (χ0n) is 19.5. The first-order chi connectivity index (χ1) is 17.3. The van der Waals surface area contributed by atoms with Gasteiger partial charge in [-0.25, -0.2) is 9.69 Å². The maximum atomic E-state index is 13.1. The standard InChI is InChI=1S/C27H22Cl2N2O5/c1-3-35-23-14-18(13-22(29)24(23)36-15-17-6-4-16(2)5-7-17)12-21-25(32)30-27(34)31(26(21)33)20-10-8-19(28)9-11-20/h4-14H,3,15H2,1-2H3,(H,30,32,34)/b21-12+. The summed E-state index contributed by atoms with van der Waals surface area (Å²) in [5.74, 6) is -0.888. The Labute approximate surface area is 218 Å². The van der Waals surface area contributed by atoms with Crippen molar-refractivity contribution in [3.8, 4) is 11.5 Å². The zero-order chi connectivity index (χ0) is 25.8. The van der Waals surface area contributed by atoms with Crippen LogP contribution < -0.4 is 19.7 Å². The number of hydrogen-bond acceptors (Lipinski definition) is 5. The molecule has 0 saturated carbocycles. The predicted octanol–water partition coefficient (Wildman–Crippen LogP) is 5.95. The summed E-state index contributed by atoms with van der Waals surface area (Å²) in [4.78, 5) is 38.9. The molecule has 1 aliphatic heterocycles. The van der Waals surface area contributed by atoms with Crippen LogP contribution in [-0.2, 0) is 16.2 Å². The molecule has 4 amide bonds. The molecule has 0 unspecified atom stereocenters. The molecule has 0 bridgehead atoms. The molecule has 184 valence electrons. The van der Waals surface area contributed by atoms with Crippen molar-refractivity contribution in [3.05, 3.63) is 93.0 Å². The SMILES string of the molecule is CCOc1cc(/C=C2\C(=O)NC(=O)N(c3ccc(Cl)cc3)C2=O)cc(Cl)c1OCc1ccc(C)cc1. The quantitative estimate of drug-likeness (QED) is 0.305. The number of aryl methyl sites for hydroxylation is 1. The summed E-state index contributed by atoms with van der Waals surface area (Å²) < 4.78 is 11.7. The van der Waals surface area contributed by atoms with Crippen molar-refractivity contribution in [3.63, 3.8) is 0 Å². The van der Waals surface area contributed by atoms with E-state index in [0.29, 0.717) is 28.7 Å². The highest BCUT2D eigenvalue weighted by molar-refractivity contribution is 6.39. The molecule has 0 aromatic heterocycles. The lowest BCUT2D eigenvalue weighted by Crippen LogP contribution is -2.54. The van der Waals surface area contributed by atoms with E-state index in [0.717, 1.165) is 16.0 Å². The number of carbonyl (C=O) groups is 3. The molecule has 7 nitrogen and oxygen atoms in total. The lowest BCUT2D eigenvalue weighted by Gasteiger charge is -2.26. The van der Waals surface area contributed by atoms with Crippen LogP contribution in [-0.4, -0.2) is 24.5 Å². The summed E-state index contributed by atoms with van der Waals surface area (Å²) in [6, 6.07) is 16.3. The third-order valence-electron chi connectivity index (χ3n) is 5.33. The van der Waals surface area contributed by atoms with Gasteiger partial charge in [0.1, 0.15) is 12.2 Å². The highest BCUT2D eigenvalue weighted by Crippen LogP contribution is 2.38. The van der Waals surface area contributed by atoms with Crippen molar-refractivity contribution in [2.45, 2.75) is 20.5 Å². The molecule has 0 atom stereocenters. The van der Waals surface area contributed by atoms with Crippen LogP contribution in [0.1, 0.15) is 23.6 Å². The molecule has 9 heteroatoms. The predicted molar refractivity (Wildman–Crippen MR) is 139 cm³/mol. The van der Waals surface area contributed by atoms with Crippen molar-refractivity contribution in [2.75, 3.05) is 11.5 Å². The number of nitrogens with one attached hydrogen (secondary N) is 1. The molecular formula is C27H22Cl2N2O5. The number of urea groups is 1. The fraction of sp³-hybridized carbons (Fsp3) is 0.148. The molecule has 0 spiro atoms. The number of imide groups is 2. The molecule has 3 aromatic rings. The number of amides is 4. The number of barbiturate groups is 1. The zero-order valence-corrected chi connectivity index (χ0v) is 21.0. The Morgan fingerprint density at radius 1 is 0.944 bits per heavy atom. The van der Waals surface area contributed by atoms with E-state index in [1.54, 1.807) is 24.3 Å². The number of rotatable bonds is 7. The normalized spacial score (nSPS) is 14.7. The molecule has 1 aliphatic rings. The van der Waals surface area contributed by atoms with Gasteiger partial charge in [0.2, 0.25) is 0 Å². The van der Waals surface area contributed by atoms with Crippen molar-refractivity contribution >= 4 is 52.8 Å². The highest BCUT2D eigenvalue weighted by Gasteiger charge is 2.36. The number of carbonyl (C=O) groups excluding carboxylic acids is 3. The van der Waals surface area contributed by atoms with E-state index in [-0.39, 0.29) is 22.9 Å². The van der Waals surface area contributed by atoms with Crippen LogP contribution in [0, 0.1) is 6.92 Å². The number of halogens is 2. The van der Waals surface area contributed by atoms with E-state index in [1.165, 1.54) is 18.2 Å². The molecule has 1 heterocycles. The number of hydrogen-bond donors (Lipinski definition) is 1. The maximum Gasteiger partial charge on any atom is 0.335 e. The number of benzene rings is 3. The van der Waals surface area contributed by atoms with Gasteiger partial charge in [-0.2, -0.15) is 0 Å². The number of ether oxygens (including phenoxy) is 2. The van der Waals surface area contributed by atoms with E-state index < -0.39 is 17.8 Å². The monoisotopic (exact) mass is 524 g/mol. The van der Waals surface area contributed by atoms with Gasteiger partial charge < -0.3 is 9.47 Å². The van der Waals surface area contributed by atoms with E-state index >= 15 is 0 Å². The summed E-state index contributed by atoms with van der Waals surface area (Å²) in [5, 5.41) is 2.88. The first kappa shape index (κ1) is 25.3. The lowest BCUT2D eigenvalue weighted by atomic mass is 10.1. The van der Waals surface area contributed by atoms with Crippen LogP contribution in [0.25, 0.3) is 6.08 Å². The molecule has 3 aromatic carbocycles. The number of anilines is 1. The molecular weight excluding hydrogens is 503 g/mol. The largest absolute Gasteiger partial charge is 0.490 e. The summed E-state index contributed by atoms with van der Waals surface area (Å²) in [6.07, 6.45) is 1.35. The fourth-order valence-electron chi connectivity index (χ4n) is 3.56. The van der Waals surface area contributed by atoms with E-state index in [4.69, 9.17) is 32.7 Å². The van der Waals surface area contributed by atoms with Crippen molar-refractivity contribution in [1.29, 1.82) is 0 Å². The van der Waals surface area contributed by atoms with Crippen LogP contribution in [0.4, 0.5) is 10.5 Å². The van der Waals surface area contributed by atoms with Crippen LogP contribution in [0.2, 0.25) is 10.0 Å². The smallest absolute Gasteiger partial charge is 0.335 e. The Morgan fingerprint density at radius 2 is 1.64 bits per heavy atom. The van der Waals surface area contributed by atoms with Gasteiger partial charge in [-0.05, 0) is 67.4 Å². The Kier molecular flexibility index (Phi) is 7.62. The van der Waals surface area contributed by atoms with Gasteiger partial charge in [-0.3, -0.25) is 14.9 Å². The van der Waals surface area contributed by atoms with Crippen LogP contribution >= 0.6 is 23.2 Å².